The van der Waals surface area contributed by atoms with Crippen molar-refractivity contribution < 1.29 is 0 Å². The van der Waals surface area contributed by atoms with Crippen LogP contribution in [-0.2, 0) is 12.8 Å². The van der Waals surface area contributed by atoms with Gasteiger partial charge in [0.05, 0.1) is 0 Å². The highest BCUT2D eigenvalue weighted by atomic mass is 35.5. The maximum atomic E-state index is 6.03. The lowest BCUT2D eigenvalue weighted by atomic mass is 10.1. The van der Waals surface area contributed by atoms with Crippen LogP contribution in [0.1, 0.15) is 30.2 Å². The standard InChI is InChI=1S/C16H18ClN3/c1-3-18-15-13-5-4-6-14(13)19-16(20-15)12-8-7-11(17)9-10(12)2/h7-9H,3-6H2,1-2H3,(H,18,19,20). The average Bonchev–Trinajstić information content (AvgIpc) is 2.87. The molecule has 0 saturated heterocycles. The maximum Gasteiger partial charge on any atom is 0.162 e. The lowest BCUT2D eigenvalue weighted by Gasteiger charge is -2.12. The second kappa shape index (κ2) is 5.41. The van der Waals surface area contributed by atoms with Crippen LogP contribution in [0.2, 0.25) is 5.02 Å². The van der Waals surface area contributed by atoms with Gasteiger partial charge in [-0.25, -0.2) is 9.97 Å². The molecule has 0 spiro atoms. The smallest absolute Gasteiger partial charge is 0.162 e. The Labute approximate surface area is 124 Å². The highest BCUT2D eigenvalue weighted by Crippen LogP contribution is 2.30. The van der Waals surface area contributed by atoms with Crippen LogP contribution >= 0.6 is 11.6 Å². The summed E-state index contributed by atoms with van der Waals surface area (Å²) in [5.74, 6) is 1.80. The van der Waals surface area contributed by atoms with Crippen LogP contribution in [0.15, 0.2) is 18.2 Å². The van der Waals surface area contributed by atoms with Crippen LogP contribution in [0, 0.1) is 6.92 Å². The van der Waals surface area contributed by atoms with Gasteiger partial charge in [0.25, 0.3) is 0 Å². The molecular formula is C16H18ClN3. The molecule has 20 heavy (non-hydrogen) atoms. The van der Waals surface area contributed by atoms with Crippen LogP contribution in [0.5, 0.6) is 0 Å². The number of aryl methyl sites for hydroxylation is 2. The van der Waals surface area contributed by atoms with Crippen molar-refractivity contribution in [3.05, 3.63) is 40.0 Å². The second-order valence-electron chi connectivity index (χ2n) is 5.16. The molecule has 1 aliphatic rings. The zero-order chi connectivity index (χ0) is 14.1. The van der Waals surface area contributed by atoms with Crippen LogP contribution in [0.4, 0.5) is 5.82 Å². The highest BCUT2D eigenvalue weighted by Gasteiger charge is 2.20. The number of benzene rings is 1. The Morgan fingerprint density at radius 3 is 2.85 bits per heavy atom. The van der Waals surface area contributed by atoms with E-state index in [4.69, 9.17) is 21.6 Å². The molecule has 0 atom stereocenters. The quantitative estimate of drug-likeness (QED) is 0.926. The topological polar surface area (TPSA) is 37.8 Å². The van der Waals surface area contributed by atoms with E-state index in [0.29, 0.717) is 0 Å². The zero-order valence-corrected chi connectivity index (χ0v) is 12.6. The summed E-state index contributed by atoms with van der Waals surface area (Å²) in [5.41, 5.74) is 4.66. The van der Waals surface area contributed by atoms with Crippen molar-refractivity contribution >= 4 is 17.4 Å². The molecule has 1 aromatic carbocycles. The van der Waals surface area contributed by atoms with Gasteiger partial charge in [0.15, 0.2) is 5.82 Å². The fraction of sp³-hybridized carbons (Fsp3) is 0.375. The van der Waals surface area contributed by atoms with Crippen molar-refractivity contribution in [3.8, 4) is 11.4 Å². The van der Waals surface area contributed by atoms with E-state index in [1.54, 1.807) is 0 Å². The van der Waals surface area contributed by atoms with Gasteiger partial charge in [-0.2, -0.15) is 0 Å². The third kappa shape index (κ3) is 2.38. The molecule has 104 valence electrons. The molecule has 3 rings (SSSR count). The Bertz CT molecular complexity index is 652. The minimum Gasteiger partial charge on any atom is -0.370 e. The predicted octanol–water partition coefficient (Wildman–Crippen LogP) is 4.03. The van der Waals surface area contributed by atoms with Crippen molar-refractivity contribution in [2.75, 3.05) is 11.9 Å². The van der Waals surface area contributed by atoms with Crippen LogP contribution in [0.3, 0.4) is 0 Å². The lowest BCUT2D eigenvalue weighted by molar-refractivity contribution is 0.900. The molecule has 0 amide bonds. The summed E-state index contributed by atoms with van der Waals surface area (Å²) in [6.07, 6.45) is 3.30. The summed E-state index contributed by atoms with van der Waals surface area (Å²) in [5, 5.41) is 4.12. The molecule has 4 heteroatoms. The molecule has 0 bridgehead atoms. The molecule has 0 radical (unpaired) electrons. The van der Waals surface area contributed by atoms with Gasteiger partial charge >= 0.3 is 0 Å². The largest absolute Gasteiger partial charge is 0.370 e. The SMILES string of the molecule is CCNc1nc(-c2ccc(Cl)cc2C)nc2c1CCC2. The Kier molecular flexibility index (Phi) is 3.62. The van der Waals surface area contributed by atoms with E-state index in [9.17, 15) is 0 Å². The number of rotatable bonds is 3. The van der Waals surface area contributed by atoms with E-state index in [2.05, 4.69) is 12.2 Å². The van der Waals surface area contributed by atoms with E-state index < -0.39 is 0 Å². The minimum atomic E-state index is 0.749. The second-order valence-corrected chi connectivity index (χ2v) is 5.60. The summed E-state index contributed by atoms with van der Waals surface area (Å²) in [6, 6.07) is 5.86. The van der Waals surface area contributed by atoms with E-state index in [0.717, 1.165) is 47.2 Å². The lowest BCUT2D eigenvalue weighted by Crippen LogP contribution is -2.07. The molecule has 1 aliphatic carbocycles. The summed E-state index contributed by atoms with van der Waals surface area (Å²) in [6.45, 7) is 5.02. The number of anilines is 1. The third-order valence-electron chi connectivity index (χ3n) is 3.71. The molecule has 2 aromatic rings. The summed E-state index contributed by atoms with van der Waals surface area (Å²) in [7, 11) is 0. The van der Waals surface area contributed by atoms with Gasteiger partial charge in [0.2, 0.25) is 0 Å². The predicted molar refractivity (Wildman–Crippen MR) is 83.4 cm³/mol. The van der Waals surface area contributed by atoms with Crippen LogP contribution in [-0.4, -0.2) is 16.5 Å². The van der Waals surface area contributed by atoms with E-state index in [1.165, 1.54) is 17.7 Å². The Hall–Kier alpha value is -1.61. The molecule has 1 aromatic heterocycles. The molecule has 1 N–H and O–H groups in total. The van der Waals surface area contributed by atoms with Gasteiger partial charge in [-0.15, -0.1) is 0 Å². The van der Waals surface area contributed by atoms with E-state index in [1.807, 2.05) is 25.1 Å². The number of nitrogens with zero attached hydrogens (tertiary/aromatic N) is 2. The van der Waals surface area contributed by atoms with E-state index >= 15 is 0 Å². The minimum absolute atomic E-state index is 0.749. The molecule has 0 saturated carbocycles. The van der Waals surface area contributed by atoms with Crippen LogP contribution in [0.25, 0.3) is 11.4 Å². The number of aromatic nitrogens is 2. The first-order valence-corrected chi connectivity index (χ1v) is 7.47. The van der Waals surface area contributed by atoms with Crippen molar-refractivity contribution in [2.45, 2.75) is 33.1 Å². The molecule has 0 unspecified atom stereocenters. The van der Waals surface area contributed by atoms with Crippen molar-refractivity contribution in [3.63, 3.8) is 0 Å². The first-order valence-electron chi connectivity index (χ1n) is 7.09. The summed E-state index contributed by atoms with van der Waals surface area (Å²) < 4.78 is 0. The zero-order valence-electron chi connectivity index (χ0n) is 11.8. The average molecular weight is 288 g/mol. The molecule has 0 fully saturated rings. The Morgan fingerprint density at radius 1 is 1.25 bits per heavy atom. The number of fused-ring (bicyclic) bond motifs is 1. The van der Waals surface area contributed by atoms with Crippen LogP contribution < -0.4 is 5.32 Å². The maximum absolute atomic E-state index is 6.03. The number of halogens is 1. The third-order valence-corrected chi connectivity index (χ3v) is 3.94. The van der Waals surface area contributed by atoms with Crippen molar-refractivity contribution in [2.24, 2.45) is 0 Å². The highest BCUT2D eigenvalue weighted by molar-refractivity contribution is 6.30. The van der Waals surface area contributed by atoms with Gasteiger partial charge in [0, 0.05) is 28.4 Å². The summed E-state index contributed by atoms with van der Waals surface area (Å²) in [4.78, 5) is 9.49. The van der Waals surface area contributed by atoms with Gasteiger partial charge in [-0.1, -0.05) is 11.6 Å². The van der Waals surface area contributed by atoms with Crippen molar-refractivity contribution in [1.82, 2.24) is 9.97 Å². The number of nitrogens with one attached hydrogen (secondary N) is 1. The van der Waals surface area contributed by atoms with Gasteiger partial charge in [0.1, 0.15) is 5.82 Å². The Balaban J connectivity index is 2.12. The normalized spacial score (nSPS) is 13.3. The molecule has 3 nitrogen and oxygen atoms in total. The molecule has 0 aliphatic heterocycles. The molecule has 1 heterocycles. The number of hydrogen-bond donors (Lipinski definition) is 1. The number of hydrogen-bond acceptors (Lipinski definition) is 3. The van der Waals surface area contributed by atoms with Gasteiger partial charge in [-0.05, 0) is 56.9 Å². The van der Waals surface area contributed by atoms with Crippen molar-refractivity contribution in [1.29, 1.82) is 0 Å². The van der Waals surface area contributed by atoms with Gasteiger partial charge < -0.3 is 5.32 Å². The fourth-order valence-corrected chi connectivity index (χ4v) is 2.97. The summed E-state index contributed by atoms with van der Waals surface area (Å²) >= 11 is 6.03. The van der Waals surface area contributed by atoms with E-state index in [-0.39, 0.29) is 0 Å². The first-order chi connectivity index (χ1) is 9.69. The Morgan fingerprint density at radius 2 is 2.10 bits per heavy atom. The molecular weight excluding hydrogens is 270 g/mol. The fourth-order valence-electron chi connectivity index (χ4n) is 2.74. The first kappa shape index (κ1) is 13.4. The monoisotopic (exact) mass is 287 g/mol. The van der Waals surface area contributed by atoms with Gasteiger partial charge in [-0.3, -0.25) is 0 Å².